The summed E-state index contributed by atoms with van der Waals surface area (Å²) in [5.74, 6) is -0.351. The number of hydrogen-bond donors (Lipinski definition) is 0. The van der Waals surface area contributed by atoms with Gasteiger partial charge in [0.15, 0.2) is 0 Å². The number of halogens is 1. The molecular weight excluding hydrogens is 423 g/mol. The van der Waals surface area contributed by atoms with Crippen LogP contribution < -0.4 is 0 Å². The maximum absolute atomic E-state index is 13.4. The molecule has 0 unspecified atom stereocenters. The molecule has 4 aromatic rings. The smallest absolute Gasteiger partial charge is 0.266 e. The summed E-state index contributed by atoms with van der Waals surface area (Å²) in [5.41, 5.74) is 1.40. The Hall–Kier alpha value is -3.24. The highest BCUT2D eigenvalue weighted by molar-refractivity contribution is 7.12. The van der Waals surface area contributed by atoms with Crippen LogP contribution in [0.15, 0.2) is 64.4 Å². The Balaban J connectivity index is 1.38. The molecule has 10 heteroatoms. The molecule has 0 aliphatic carbocycles. The van der Waals surface area contributed by atoms with E-state index in [-0.39, 0.29) is 30.1 Å². The number of carbonyl (C=O) groups is 1. The average molecular weight is 439 g/mol. The van der Waals surface area contributed by atoms with Crippen LogP contribution in [0, 0.1) is 5.82 Å². The van der Waals surface area contributed by atoms with Crippen molar-refractivity contribution < 1.29 is 9.18 Å². The molecule has 0 saturated heterocycles. The topological polar surface area (TPSA) is 76.3 Å². The number of amides is 1. The van der Waals surface area contributed by atoms with E-state index in [0.29, 0.717) is 12.0 Å². The Labute approximate surface area is 179 Å². The molecule has 4 heterocycles. The van der Waals surface area contributed by atoms with Crippen LogP contribution in [0.3, 0.4) is 0 Å². The first-order valence-corrected chi connectivity index (χ1v) is 10.9. The molecule has 150 valence electrons. The number of hydrazone groups is 1. The summed E-state index contributed by atoms with van der Waals surface area (Å²) in [6, 6.07) is 13.7. The zero-order valence-corrected chi connectivity index (χ0v) is 17.2. The number of tetrazole rings is 1. The van der Waals surface area contributed by atoms with Crippen molar-refractivity contribution in [3.8, 4) is 11.4 Å². The van der Waals surface area contributed by atoms with E-state index in [0.717, 1.165) is 15.5 Å². The molecule has 1 amide bonds. The molecule has 30 heavy (non-hydrogen) atoms. The predicted molar refractivity (Wildman–Crippen MR) is 113 cm³/mol. The second-order valence-electron chi connectivity index (χ2n) is 6.65. The second-order valence-corrected chi connectivity index (χ2v) is 8.58. The average Bonchev–Trinajstić information content (AvgIpc) is 3.54. The molecule has 0 radical (unpaired) electrons. The fraction of sp³-hybridized carbons (Fsp3) is 0.150. The van der Waals surface area contributed by atoms with Crippen LogP contribution in [0.2, 0.25) is 0 Å². The molecule has 0 saturated carbocycles. The van der Waals surface area contributed by atoms with Crippen molar-refractivity contribution in [2.45, 2.75) is 19.0 Å². The predicted octanol–water partition coefficient (Wildman–Crippen LogP) is 3.98. The van der Waals surface area contributed by atoms with Gasteiger partial charge in [0, 0.05) is 16.9 Å². The zero-order valence-electron chi connectivity index (χ0n) is 15.6. The van der Waals surface area contributed by atoms with Gasteiger partial charge in [-0.3, -0.25) is 4.79 Å². The van der Waals surface area contributed by atoms with Crippen LogP contribution in [-0.2, 0) is 11.3 Å². The van der Waals surface area contributed by atoms with Crippen molar-refractivity contribution in [1.29, 1.82) is 0 Å². The van der Waals surface area contributed by atoms with E-state index in [9.17, 15) is 9.18 Å². The highest BCUT2D eigenvalue weighted by atomic mass is 32.1. The standard InChI is InChI=1S/C20H15FN6OS2/c21-14-5-1-4-13(10-14)20-22-25-26(24-20)12-19(28)27-16(18-7-3-9-30-18)11-15(23-27)17-6-2-8-29-17/h1-10,16H,11-12H2/t16-/m0/s1. The van der Waals surface area contributed by atoms with Gasteiger partial charge >= 0.3 is 0 Å². The summed E-state index contributed by atoms with van der Waals surface area (Å²) < 4.78 is 13.4. The van der Waals surface area contributed by atoms with Gasteiger partial charge in [-0.15, -0.1) is 32.9 Å². The summed E-state index contributed by atoms with van der Waals surface area (Å²) >= 11 is 3.20. The lowest BCUT2D eigenvalue weighted by Gasteiger charge is -2.20. The minimum atomic E-state index is -0.383. The van der Waals surface area contributed by atoms with Crippen LogP contribution in [-0.4, -0.2) is 36.8 Å². The third kappa shape index (κ3) is 3.66. The van der Waals surface area contributed by atoms with Crippen molar-refractivity contribution in [2.75, 3.05) is 0 Å². The minimum absolute atomic E-state index is 0.106. The van der Waals surface area contributed by atoms with Gasteiger partial charge in [-0.2, -0.15) is 9.90 Å². The normalized spacial score (nSPS) is 16.1. The number of thiophene rings is 2. The number of hydrogen-bond acceptors (Lipinski definition) is 7. The summed E-state index contributed by atoms with van der Waals surface area (Å²) in [7, 11) is 0. The number of aromatic nitrogens is 4. The molecule has 7 nitrogen and oxygen atoms in total. The van der Waals surface area contributed by atoms with Gasteiger partial charge in [-0.05, 0) is 40.2 Å². The Kier molecular flexibility index (Phi) is 4.93. The van der Waals surface area contributed by atoms with E-state index in [2.05, 4.69) is 20.5 Å². The van der Waals surface area contributed by atoms with Gasteiger partial charge in [0.1, 0.15) is 12.4 Å². The van der Waals surface area contributed by atoms with E-state index < -0.39 is 0 Å². The molecule has 1 aromatic carbocycles. The van der Waals surface area contributed by atoms with E-state index in [1.807, 2.05) is 35.0 Å². The maximum Gasteiger partial charge on any atom is 0.266 e. The monoisotopic (exact) mass is 438 g/mol. The summed E-state index contributed by atoms with van der Waals surface area (Å²) in [6.07, 6.45) is 0.659. The summed E-state index contributed by atoms with van der Waals surface area (Å²) in [5, 5.41) is 22.2. The number of carbonyl (C=O) groups excluding carboxylic acids is 1. The van der Waals surface area contributed by atoms with Crippen LogP contribution in [0.5, 0.6) is 0 Å². The van der Waals surface area contributed by atoms with Gasteiger partial charge in [0.2, 0.25) is 5.82 Å². The second kappa shape index (κ2) is 7.88. The van der Waals surface area contributed by atoms with Gasteiger partial charge in [-0.25, -0.2) is 9.40 Å². The van der Waals surface area contributed by atoms with Crippen molar-refractivity contribution in [3.63, 3.8) is 0 Å². The van der Waals surface area contributed by atoms with E-state index in [1.165, 1.54) is 21.9 Å². The number of nitrogens with zero attached hydrogens (tertiary/aromatic N) is 6. The first kappa shape index (κ1) is 18.8. The SMILES string of the molecule is O=C(Cn1nnc(-c2cccc(F)c2)n1)N1N=C(c2cccs2)C[C@H]1c1cccs1. The zero-order chi connectivity index (χ0) is 20.5. The van der Waals surface area contributed by atoms with Crippen LogP contribution in [0.1, 0.15) is 22.2 Å². The largest absolute Gasteiger partial charge is 0.271 e. The van der Waals surface area contributed by atoms with Crippen molar-refractivity contribution >= 4 is 34.3 Å². The third-order valence-electron chi connectivity index (χ3n) is 4.66. The molecule has 0 fully saturated rings. The van der Waals surface area contributed by atoms with Gasteiger partial charge in [0.25, 0.3) is 5.91 Å². The lowest BCUT2D eigenvalue weighted by molar-refractivity contribution is -0.134. The highest BCUT2D eigenvalue weighted by Gasteiger charge is 2.34. The lowest BCUT2D eigenvalue weighted by Crippen LogP contribution is -2.30. The molecule has 3 aromatic heterocycles. The lowest BCUT2D eigenvalue weighted by atomic mass is 10.1. The Morgan fingerprint density at radius 1 is 1.13 bits per heavy atom. The highest BCUT2D eigenvalue weighted by Crippen LogP contribution is 2.36. The Morgan fingerprint density at radius 3 is 2.77 bits per heavy atom. The molecule has 0 spiro atoms. The summed E-state index contributed by atoms with van der Waals surface area (Å²) in [4.78, 5) is 16.4. The van der Waals surface area contributed by atoms with E-state index in [4.69, 9.17) is 0 Å². The van der Waals surface area contributed by atoms with Gasteiger partial charge in [0.05, 0.1) is 16.6 Å². The number of rotatable bonds is 5. The van der Waals surface area contributed by atoms with Crippen LogP contribution in [0.25, 0.3) is 11.4 Å². The Bertz CT molecular complexity index is 1200. The fourth-order valence-corrected chi connectivity index (χ4v) is 4.81. The first-order valence-electron chi connectivity index (χ1n) is 9.18. The first-order chi connectivity index (χ1) is 14.7. The van der Waals surface area contributed by atoms with Crippen LogP contribution >= 0.6 is 22.7 Å². The van der Waals surface area contributed by atoms with Gasteiger partial charge < -0.3 is 0 Å². The Morgan fingerprint density at radius 2 is 2.00 bits per heavy atom. The molecular formula is C20H15FN6OS2. The quantitative estimate of drug-likeness (QED) is 0.472. The molecule has 5 rings (SSSR count). The van der Waals surface area contributed by atoms with Crippen molar-refractivity contribution in [2.24, 2.45) is 5.10 Å². The summed E-state index contributed by atoms with van der Waals surface area (Å²) in [6.45, 7) is -0.106. The fourth-order valence-electron chi connectivity index (χ4n) is 3.28. The van der Waals surface area contributed by atoms with Crippen LogP contribution in [0.4, 0.5) is 4.39 Å². The van der Waals surface area contributed by atoms with Gasteiger partial charge in [-0.1, -0.05) is 24.3 Å². The van der Waals surface area contributed by atoms with Crippen molar-refractivity contribution in [1.82, 2.24) is 25.2 Å². The molecule has 0 bridgehead atoms. The minimum Gasteiger partial charge on any atom is -0.271 e. The maximum atomic E-state index is 13.4. The molecule has 1 aliphatic rings. The molecule has 0 N–H and O–H groups in total. The number of benzene rings is 1. The van der Waals surface area contributed by atoms with Crippen molar-refractivity contribution in [3.05, 3.63) is 74.9 Å². The molecule has 1 aliphatic heterocycles. The van der Waals surface area contributed by atoms with E-state index >= 15 is 0 Å². The molecule has 1 atom stereocenters. The van der Waals surface area contributed by atoms with E-state index in [1.54, 1.807) is 34.8 Å². The third-order valence-corrected chi connectivity index (χ3v) is 6.55.